The van der Waals surface area contributed by atoms with Crippen LogP contribution in [0.4, 0.5) is 0 Å². The van der Waals surface area contributed by atoms with Crippen molar-refractivity contribution in [2.75, 3.05) is 13.7 Å². The lowest BCUT2D eigenvalue weighted by molar-refractivity contribution is -0.0458. The fourth-order valence-corrected chi connectivity index (χ4v) is 1.36. The molecule has 0 bridgehead atoms. The topological polar surface area (TPSA) is 51.4 Å². The minimum Gasteiger partial charge on any atom is -0.359 e. The Kier molecular flexibility index (Phi) is 1.81. The number of hydroxylamine groups is 2. The predicted octanol–water partition coefficient (Wildman–Crippen LogP) is 0.643. The number of aliphatic imine (C=N–C) groups is 2. The minimum absolute atomic E-state index is 0.439. The van der Waals surface area contributed by atoms with E-state index in [1.165, 1.54) is 0 Å². The highest BCUT2D eigenvalue weighted by Crippen LogP contribution is 2.18. The van der Waals surface area contributed by atoms with Crippen molar-refractivity contribution in [3.8, 4) is 0 Å². The largest absolute Gasteiger partial charge is 0.359 e. The van der Waals surface area contributed by atoms with Gasteiger partial charge in [0.2, 0.25) is 0 Å². The van der Waals surface area contributed by atoms with Gasteiger partial charge in [-0.15, -0.1) is 0 Å². The summed E-state index contributed by atoms with van der Waals surface area (Å²) < 4.78 is 0. The number of hydrogen-bond donors (Lipinski definition) is 1. The molecule has 0 unspecified atom stereocenters. The zero-order valence-electron chi connectivity index (χ0n) is 7.73. The molecule has 2 aliphatic rings. The summed E-state index contributed by atoms with van der Waals surface area (Å²) in [6.45, 7) is 2.43. The molecule has 0 fully saturated rings. The van der Waals surface area contributed by atoms with E-state index in [0.29, 0.717) is 12.5 Å². The van der Waals surface area contributed by atoms with Crippen molar-refractivity contribution in [1.82, 2.24) is 9.96 Å². The number of amidine groups is 2. The van der Waals surface area contributed by atoms with Crippen molar-refractivity contribution in [2.45, 2.75) is 13.3 Å². The molecule has 0 aromatic carbocycles. The zero-order valence-corrected chi connectivity index (χ0v) is 7.73. The van der Waals surface area contributed by atoms with Gasteiger partial charge in [0, 0.05) is 19.7 Å². The van der Waals surface area contributed by atoms with E-state index in [9.17, 15) is 5.21 Å². The highest BCUT2D eigenvalue weighted by molar-refractivity contribution is 6.11. The Balaban J connectivity index is 2.34. The fourth-order valence-electron chi connectivity index (χ4n) is 1.36. The van der Waals surface area contributed by atoms with Gasteiger partial charge in [-0.3, -0.25) is 5.21 Å². The number of hydrogen-bond acceptors (Lipinski definition) is 5. The summed E-state index contributed by atoms with van der Waals surface area (Å²) in [4.78, 5) is 10.3. The van der Waals surface area contributed by atoms with Crippen molar-refractivity contribution in [3.63, 3.8) is 0 Å². The van der Waals surface area contributed by atoms with Crippen molar-refractivity contribution >= 4 is 11.7 Å². The summed E-state index contributed by atoms with van der Waals surface area (Å²) >= 11 is 0. The molecule has 70 valence electrons. The normalized spacial score (nSPS) is 21.0. The Labute approximate surface area is 76.7 Å². The lowest BCUT2D eigenvalue weighted by Crippen LogP contribution is -2.39. The average Bonchev–Trinajstić information content (AvgIpc) is 2.47. The maximum Gasteiger partial charge on any atom is 0.183 e. The van der Waals surface area contributed by atoms with Crippen LogP contribution in [0, 0.1) is 0 Å². The van der Waals surface area contributed by atoms with E-state index in [1.54, 1.807) is 0 Å². The van der Waals surface area contributed by atoms with Crippen LogP contribution in [0.25, 0.3) is 0 Å². The molecule has 13 heavy (non-hydrogen) atoms. The first kappa shape index (κ1) is 8.25. The molecule has 2 heterocycles. The summed E-state index contributed by atoms with van der Waals surface area (Å²) in [6, 6.07) is 0. The van der Waals surface area contributed by atoms with Gasteiger partial charge >= 0.3 is 0 Å². The maximum atomic E-state index is 9.51. The summed E-state index contributed by atoms with van der Waals surface area (Å²) in [6.07, 6.45) is 2.67. The minimum atomic E-state index is 0.439. The fraction of sp³-hybridized carbons (Fsp3) is 0.500. The van der Waals surface area contributed by atoms with Crippen LogP contribution < -0.4 is 0 Å². The van der Waals surface area contributed by atoms with E-state index < -0.39 is 0 Å². The molecule has 0 saturated carbocycles. The van der Waals surface area contributed by atoms with Crippen LogP contribution in [0.1, 0.15) is 13.3 Å². The summed E-state index contributed by atoms with van der Waals surface area (Å²) in [5, 5.41) is 10.6. The van der Waals surface area contributed by atoms with Crippen LogP contribution in [-0.4, -0.2) is 40.6 Å². The Bertz CT molecular complexity index is 318. The Hall–Kier alpha value is -1.36. The molecule has 0 radical (unpaired) electrons. The van der Waals surface area contributed by atoms with Crippen LogP contribution in [0.5, 0.6) is 0 Å². The van der Waals surface area contributed by atoms with Gasteiger partial charge in [0.25, 0.3) is 0 Å². The van der Waals surface area contributed by atoms with E-state index in [-0.39, 0.29) is 0 Å². The molecule has 0 saturated heterocycles. The third-order valence-corrected chi connectivity index (χ3v) is 1.97. The van der Waals surface area contributed by atoms with E-state index >= 15 is 0 Å². The first-order chi connectivity index (χ1) is 6.20. The van der Waals surface area contributed by atoms with Gasteiger partial charge in [0.1, 0.15) is 18.2 Å². The molecule has 0 aliphatic carbocycles. The van der Waals surface area contributed by atoms with Gasteiger partial charge in [-0.2, -0.15) is 0 Å². The molecule has 5 heteroatoms. The van der Waals surface area contributed by atoms with E-state index in [0.717, 1.165) is 23.0 Å². The lowest BCUT2D eigenvalue weighted by atomic mass is 10.4. The molecule has 2 rings (SSSR count). The smallest absolute Gasteiger partial charge is 0.183 e. The number of rotatable bonds is 1. The third kappa shape index (κ3) is 1.31. The molecule has 0 spiro atoms. The van der Waals surface area contributed by atoms with Crippen molar-refractivity contribution in [1.29, 1.82) is 0 Å². The average molecular weight is 180 g/mol. The lowest BCUT2D eigenvalue weighted by Gasteiger charge is -2.27. The van der Waals surface area contributed by atoms with Crippen molar-refractivity contribution in [2.24, 2.45) is 9.98 Å². The quantitative estimate of drug-likeness (QED) is 0.644. The van der Waals surface area contributed by atoms with E-state index in [1.807, 2.05) is 25.1 Å². The zero-order chi connectivity index (χ0) is 9.42. The second kappa shape index (κ2) is 2.85. The van der Waals surface area contributed by atoms with Gasteiger partial charge in [-0.05, 0) is 0 Å². The van der Waals surface area contributed by atoms with Gasteiger partial charge in [-0.1, -0.05) is 6.92 Å². The summed E-state index contributed by atoms with van der Waals surface area (Å²) in [7, 11) is 1.88. The molecule has 0 atom stereocenters. The van der Waals surface area contributed by atoms with Gasteiger partial charge < -0.3 is 4.90 Å². The maximum absolute atomic E-state index is 9.51. The first-order valence-corrected chi connectivity index (χ1v) is 4.26. The van der Waals surface area contributed by atoms with Crippen LogP contribution in [0.15, 0.2) is 21.9 Å². The van der Waals surface area contributed by atoms with Crippen LogP contribution in [-0.2, 0) is 0 Å². The van der Waals surface area contributed by atoms with Gasteiger partial charge in [-0.25, -0.2) is 15.0 Å². The Morgan fingerprint density at radius 2 is 2.31 bits per heavy atom. The SMILES string of the molecule is CCC1=NC2=CN(C)CN(O)C2=N1. The van der Waals surface area contributed by atoms with Crippen LogP contribution >= 0.6 is 0 Å². The molecular formula is C8H12N4O. The standard InChI is InChI=1S/C8H12N4O/c1-3-7-9-6-4-11(2)5-12(13)8(6)10-7/h4,13H,3,5H2,1-2H3. The second-order valence-corrected chi connectivity index (χ2v) is 3.13. The monoisotopic (exact) mass is 180 g/mol. The molecule has 1 N–H and O–H groups in total. The van der Waals surface area contributed by atoms with Gasteiger partial charge in [0.05, 0.1) is 0 Å². The predicted molar refractivity (Wildman–Crippen MR) is 49.5 cm³/mol. The molecule has 2 aliphatic heterocycles. The van der Waals surface area contributed by atoms with Gasteiger partial charge in [0.15, 0.2) is 5.84 Å². The van der Waals surface area contributed by atoms with E-state index in [2.05, 4.69) is 9.98 Å². The molecular weight excluding hydrogens is 168 g/mol. The highest BCUT2D eigenvalue weighted by atomic mass is 16.5. The molecule has 0 aromatic heterocycles. The molecule has 5 nitrogen and oxygen atoms in total. The number of fused-ring (bicyclic) bond motifs is 1. The Morgan fingerprint density at radius 1 is 1.54 bits per heavy atom. The first-order valence-electron chi connectivity index (χ1n) is 4.26. The van der Waals surface area contributed by atoms with E-state index in [4.69, 9.17) is 0 Å². The summed E-state index contributed by atoms with van der Waals surface area (Å²) in [5.74, 6) is 1.34. The van der Waals surface area contributed by atoms with Crippen molar-refractivity contribution in [3.05, 3.63) is 11.9 Å². The molecule has 0 aromatic rings. The third-order valence-electron chi connectivity index (χ3n) is 1.97. The molecule has 0 amide bonds. The highest BCUT2D eigenvalue weighted by Gasteiger charge is 2.25. The Morgan fingerprint density at radius 3 is 3.00 bits per heavy atom. The number of nitrogens with zero attached hydrogens (tertiary/aromatic N) is 4. The van der Waals surface area contributed by atoms with Crippen molar-refractivity contribution < 1.29 is 5.21 Å². The van der Waals surface area contributed by atoms with Crippen LogP contribution in [0.3, 0.4) is 0 Å². The van der Waals surface area contributed by atoms with Crippen LogP contribution in [0.2, 0.25) is 0 Å². The summed E-state index contributed by atoms with van der Waals surface area (Å²) in [5.41, 5.74) is 0.744. The second-order valence-electron chi connectivity index (χ2n) is 3.13.